The molecule has 6 heteroatoms. The lowest BCUT2D eigenvalue weighted by Gasteiger charge is -2.17. The molecule has 0 spiro atoms. The molecule has 2 amide bonds. The number of hydrogen-bond acceptors (Lipinski definition) is 4. The van der Waals surface area contributed by atoms with Crippen LogP contribution in [-0.2, 0) is 9.59 Å². The van der Waals surface area contributed by atoms with Crippen LogP contribution < -0.4 is 4.90 Å². The Kier molecular flexibility index (Phi) is 3.69. The van der Waals surface area contributed by atoms with Crippen LogP contribution in [0, 0.1) is 23.7 Å². The predicted molar refractivity (Wildman–Crippen MR) is 114 cm³/mol. The first-order valence-electron chi connectivity index (χ1n) is 10.3. The van der Waals surface area contributed by atoms with Gasteiger partial charge in [-0.1, -0.05) is 42.5 Å². The number of rotatable bonds is 3. The number of pyridine rings is 1. The van der Waals surface area contributed by atoms with Gasteiger partial charge in [0.05, 0.1) is 34.3 Å². The number of carbonyl (C=O) groups is 3. The Hall–Kier alpha value is -3.80. The van der Waals surface area contributed by atoms with Gasteiger partial charge < -0.3 is 5.11 Å². The van der Waals surface area contributed by atoms with E-state index in [1.807, 2.05) is 6.07 Å². The molecule has 2 aliphatic carbocycles. The largest absolute Gasteiger partial charge is 0.478 e. The number of para-hydroxylation sites is 1. The number of hydrogen-bond donors (Lipinski definition) is 1. The van der Waals surface area contributed by atoms with Crippen molar-refractivity contribution >= 4 is 34.4 Å². The number of carboxylic acids is 1. The van der Waals surface area contributed by atoms with Gasteiger partial charge in [0.2, 0.25) is 11.8 Å². The maximum atomic E-state index is 13.0. The smallest absolute Gasteiger partial charge is 0.336 e. The summed E-state index contributed by atoms with van der Waals surface area (Å²) in [7, 11) is 0. The summed E-state index contributed by atoms with van der Waals surface area (Å²) in [6, 6.07) is 15.7. The fourth-order valence-corrected chi connectivity index (χ4v) is 5.44. The maximum absolute atomic E-state index is 13.0. The third-order valence-electron chi connectivity index (χ3n) is 6.84. The van der Waals surface area contributed by atoms with Crippen molar-refractivity contribution in [2.24, 2.45) is 23.7 Å². The molecule has 0 radical (unpaired) electrons. The Morgan fingerprint density at radius 1 is 0.935 bits per heavy atom. The van der Waals surface area contributed by atoms with Crippen molar-refractivity contribution in [2.45, 2.75) is 6.42 Å². The average Bonchev–Trinajstić information content (AvgIpc) is 3.47. The highest BCUT2D eigenvalue weighted by molar-refractivity contribution is 6.22. The highest BCUT2D eigenvalue weighted by Crippen LogP contribution is 2.53. The molecule has 2 bridgehead atoms. The Labute approximate surface area is 177 Å². The monoisotopic (exact) mass is 410 g/mol. The van der Waals surface area contributed by atoms with Gasteiger partial charge in [-0.15, -0.1) is 0 Å². The van der Waals surface area contributed by atoms with Gasteiger partial charge in [0.25, 0.3) is 0 Å². The standard InChI is InChI=1S/C25H18N2O4/c28-23-21-14-5-6-15(11-14)22(21)24(29)27(23)16-9-7-13(8-10-16)20-12-18(25(30)31)17-3-1-2-4-19(17)26-20/h1-10,12,14-15,21-22H,11H2,(H,30,31). The van der Waals surface area contributed by atoms with Crippen LogP contribution in [-0.4, -0.2) is 27.9 Å². The lowest BCUT2D eigenvalue weighted by molar-refractivity contribution is -0.123. The third-order valence-corrected chi connectivity index (χ3v) is 6.84. The molecule has 1 saturated carbocycles. The van der Waals surface area contributed by atoms with Crippen LogP contribution in [0.5, 0.6) is 0 Å². The minimum Gasteiger partial charge on any atom is -0.478 e. The molecule has 31 heavy (non-hydrogen) atoms. The van der Waals surface area contributed by atoms with E-state index in [0.29, 0.717) is 22.3 Å². The highest BCUT2D eigenvalue weighted by Gasteiger charge is 2.59. The normalized spacial score (nSPS) is 26.1. The number of nitrogens with zero attached hydrogens (tertiary/aromatic N) is 2. The summed E-state index contributed by atoms with van der Waals surface area (Å²) in [6.07, 6.45) is 5.06. The summed E-state index contributed by atoms with van der Waals surface area (Å²) in [4.78, 5) is 43.7. The number of allylic oxidation sites excluding steroid dienone is 2. The molecular formula is C25H18N2O4. The van der Waals surface area contributed by atoms with Crippen LogP contribution in [0.4, 0.5) is 5.69 Å². The van der Waals surface area contributed by atoms with Gasteiger partial charge in [0.15, 0.2) is 0 Å². The van der Waals surface area contributed by atoms with Gasteiger partial charge in [-0.25, -0.2) is 9.78 Å². The van der Waals surface area contributed by atoms with E-state index in [1.54, 1.807) is 48.5 Å². The molecule has 6 nitrogen and oxygen atoms in total. The molecule has 1 aromatic heterocycles. The van der Waals surface area contributed by atoms with E-state index in [1.165, 1.54) is 4.90 Å². The number of carbonyl (C=O) groups excluding carboxylic acids is 2. The molecule has 4 atom stereocenters. The second-order valence-electron chi connectivity index (χ2n) is 8.44. The summed E-state index contributed by atoms with van der Waals surface area (Å²) in [5, 5.41) is 10.2. The quantitative estimate of drug-likeness (QED) is 0.522. The van der Waals surface area contributed by atoms with Crippen LogP contribution in [0.2, 0.25) is 0 Å². The molecule has 4 unspecified atom stereocenters. The van der Waals surface area contributed by atoms with Crippen molar-refractivity contribution in [3.8, 4) is 11.3 Å². The fourth-order valence-electron chi connectivity index (χ4n) is 5.44. The van der Waals surface area contributed by atoms with Crippen LogP contribution in [0.1, 0.15) is 16.8 Å². The Morgan fingerprint density at radius 3 is 2.23 bits per heavy atom. The number of aromatic nitrogens is 1. The zero-order valence-electron chi connectivity index (χ0n) is 16.4. The Bertz CT molecular complexity index is 1280. The summed E-state index contributed by atoms with van der Waals surface area (Å²) in [5.74, 6) is -1.36. The van der Waals surface area contributed by atoms with Gasteiger partial charge in [-0.3, -0.25) is 14.5 Å². The van der Waals surface area contributed by atoms with E-state index < -0.39 is 5.97 Å². The van der Waals surface area contributed by atoms with Crippen molar-refractivity contribution in [2.75, 3.05) is 4.90 Å². The molecule has 1 N–H and O–H groups in total. The molecule has 1 aliphatic heterocycles. The van der Waals surface area contributed by atoms with Crippen molar-refractivity contribution in [3.63, 3.8) is 0 Å². The first-order chi connectivity index (χ1) is 15.0. The fraction of sp³-hybridized carbons (Fsp3) is 0.200. The number of amides is 2. The van der Waals surface area contributed by atoms with E-state index in [2.05, 4.69) is 17.1 Å². The molecule has 3 aliphatic rings. The van der Waals surface area contributed by atoms with Crippen molar-refractivity contribution in [1.82, 2.24) is 4.98 Å². The first-order valence-corrected chi connectivity index (χ1v) is 10.3. The Morgan fingerprint density at radius 2 is 1.58 bits per heavy atom. The second kappa shape index (κ2) is 6.35. The Balaban J connectivity index is 1.36. The van der Waals surface area contributed by atoms with Gasteiger partial charge >= 0.3 is 5.97 Å². The van der Waals surface area contributed by atoms with Gasteiger partial charge in [-0.05, 0) is 42.5 Å². The van der Waals surface area contributed by atoms with E-state index in [-0.39, 0.29) is 41.0 Å². The van der Waals surface area contributed by atoms with Gasteiger partial charge in [0, 0.05) is 10.9 Å². The van der Waals surface area contributed by atoms with Crippen molar-refractivity contribution in [3.05, 3.63) is 72.3 Å². The molecule has 3 aromatic rings. The minimum absolute atomic E-state index is 0.114. The van der Waals surface area contributed by atoms with E-state index in [4.69, 9.17) is 0 Å². The molecule has 2 fully saturated rings. The van der Waals surface area contributed by atoms with Crippen LogP contribution in [0.3, 0.4) is 0 Å². The molecule has 152 valence electrons. The zero-order chi connectivity index (χ0) is 21.3. The molecule has 1 saturated heterocycles. The van der Waals surface area contributed by atoms with Crippen molar-refractivity contribution in [1.29, 1.82) is 0 Å². The van der Waals surface area contributed by atoms with E-state index >= 15 is 0 Å². The lowest BCUT2D eigenvalue weighted by atomic mass is 9.85. The molecule has 6 rings (SSSR count). The number of imide groups is 1. The predicted octanol–water partition coefficient (Wildman–Crippen LogP) is 3.91. The first kappa shape index (κ1) is 18.0. The third kappa shape index (κ3) is 2.51. The van der Waals surface area contributed by atoms with Gasteiger partial charge in [-0.2, -0.15) is 0 Å². The summed E-state index contributed by atoms with van der Waals surface area (Å²) < 4.78 is 0. The van der Waals surface area contributed by atoms with Gasteiger partial charge in [0.1, 0.15) is 0 Å². The number of benzene rings is 2. The molecule has 2 heterocycles. The topological polar surface area (TPSA) is 87.6 Å². The number of fused-ring (bicyclic) bond motifs is 6. The van der Waals surface area contributed by atoms with Crippen molar-refractivity contribution < 1.29 is 19.5 Å². The average molecular weight is 410 g/mol. The molecule has 2 aromatic carbocycles. The van der Waals surface area contributed by atoms with Crippen LogP contribution >= 0.6 is 0 Å². The van der Waals surface area contributed by atoms with E-state index in [0.717, 1.165) is 12.0 Å². The SMILES string of the molecule is O=C(O)c1cc(-c2ccc(N3C(=O)C4C5C=CC(C5)C4C3=O)cc2)nc2ccccc12. The summed E-state index contributed by atoms with van der Waals surface area (Å²) in [5.41, 5.74) is 2.58. The maximum Gasteiger partial charge on any atom is 0.336 e. The van der Waals surface area contributed by atoms with Crippen LogP contribution in [0.25, 0.3) is 22.2 Å². The zero-order valence-corrected chi connectivity index (χ0v) is 16.4. The number of aromatic carboxylic acids is 1. The lowest BCUT2D eigenvalue weighted by Crippen LogP contribution is -2.32. The summed E-state index contributed by atoms with van der Waals surface area (Å²) in [6.45, 7) is 0. The summed E-state index contributed by atoms with van der Waals surface area (Å²) >= 11 is 0. The molecular weight excluding hydrogens is 392 g/mol. The highest BCUT2D eigenvalue weighted by atomic mass is 16.4. The number of anilines is 1. The second-order valence-corrected chi connectivity index (χ2v) is 8.44. The number of carboxylic acid groups (broad SMARTS) is 1. The van der Waals surface area contributed by atoms with E-state index in [9.17, 15) is 19.5 Å². The van der Waals surface area contributed by atoms with Crippen LogP contribution in [0.15, 0.2) is 66.7 Å². The minimum atomic E-state index is -1.01.